The molecule has 0 saturated carbocycles. The van der Waals surface area contributed by atoms with Crippen LogP contribution in [0.5, 0.6) is 5.75 Å². The Balaban J connectivity index is 1.57. The van der Waals surface area contributed by atoms with Crippen LogP contribution in [0.4, 0.5) is 11.4 Å². The Hall–Kier alpha value is -3.80. The number of nitrogens with one attached hydrogen (secondary N) is 1. The molecule has 0 heterocycles. The van der Waals surface area contributed by atoms with Crippen LogP contribution in [0.3, 0.4) is 0 Å². The summed E-state index contributed by atoms with van der Waals surface area (Å²) in [6.45, 7) is 0. The molecule has 3 rings (SSSR count). The maximum absolute atomic E-state index is 11.9. The molecule has 0 atom stereocenters. The second-order valence-electron chi connectivity index (χ2n) is 5.37. The van der Waals surface area contributed by atoms with Crippen molar-refractivity contribution in [3.63, 3.8) is 0 Å². The number of amides is 1. The predicted octanol–water partition coefficient (Wildman–Crippen LogP) is 4.57. The average molecular weight is 344 g/mol. The van der Waals surface area contributed by atoms with Crippen LogP contribution in [0.1, 0.15) is 15.9 Å². The number of hydrogen-bond donors (Lipinski definition) is 2. The molecule has 128 valence electrons. The summed E-state index contributed by atoms with van der Waals surface area (Å²) in [6.07, 6.45) is 1.54. The molecular formula is C20H16N4O2. The highest BCUT2D eigenvalue weighted by atomic mass is 16.3. The molecule has 0 fully saturated rings. The quantitative estimate of drug-likeness (QED) is 0.403. The van der Waals surface area contributed by atoms with Crippen molar-refractivity contribution in [1.82, 2.24) is 5.43 Å². The number of carbonyl (C=O) groups excluding carboxylic acids is 1. The Kier molecular flexibility index (Phi) is 5.47. The molecule has 0 aliphatic heterocycles. The van der Waals surface area contributed by atoms with Crippen LogP contribution in [-0.4, -0.2) is 17.2 Å². The molecule has 3 aromatic carbocycles. The molecule has 2 N–H and O–H groups in total. The lowest BCUT2D eigenvalue weighted by Crippen LogP contribution is -2.17. The molecule has 6 heteroatoms. The van der Waals surface area contributed by atoms with Crippen LogP contribution in [0.2, 0.25) is 0 Å². The van der Waals surface area contributed by atoms with Crippen molar-refractivity contribution >= 4 is 23.5 Å². The van der Waals surface area contributed by atoms with E-state index in [9.17, 15) is 9.90 Å². The van der Waals surface area contributed by atoms with E-state index in [-0.39, 0.29) is 11.7 Å². The summed E-state index contributed by atoms with van der Waals surface area (Å²) in [5.74, 6) is -0.246. The van der Waals surface area contributed by atoms with Gasteiger partial charge in [0.2, 0.25) is 0 Å². The number of nitrogens with zero attached hydrogens (tertiary/aromatic N) is 3. The maximum atomic E-state index is 11.9. The summed E-state index contributed by atoms with van der Waals surface area (Å²) in [4.78, 5) is 11.9. The first kappa shape index (κ1) is 17.0. The van der Waals surface area contributed by atoms with E-state index < -0.39 is 0 Å². The van der Waals surface area contributed by atoms with Crippen molar-refractivity contribution in [3.8, 4) is 5.75 Å². The van der Waals surface area contributed by atoms with E-state index in [1.54, 1.807) is 0 Å². The SMILES string of the molecule is O=C(N/N=C/c1ccc(N=Nc2ccccc2)cc1)c1ccc(O)cc1. The number of rotatable bonds is 5. The van der Waals surface area contributed by atoms with Crippen LogP contribution in [0, 0.1) is 0 Å². The van der Waals surface area contributed by atoms with Gasteiger partial charge >= 0.3 is 0 Å². The minimum Gasteiger partial charge on any atom is -0.508 e. The largest absolute Gasteiger partial charge is 0.508 e. The molecule has 0 bridgehead atoms. The summed E-state index contributed by atoms with van der Waals surface area (Å²) in [5, 5.41) is 21.4. The maximum Gasteiger partial charge on any atom is 0.271 e. The van der Waals surface area contributed by atoms with Gasteiger partial charge < -0.3 is 5.11 Å². The minimum absolute atomic E-state index is 0.106. The van der Waals surface area contributed by atoms with E-state index in [4.69, 9.17) is 0 Å². The molecule has 0 aliphatic rings. The summed E-state index contributed by atoms with van der Waals surface area (Å²) in [7, 11) is 0. The summed E-state index contributed by atoms with van der Waals surface area (Å²) in [5.41, 5.74) is 5.17. The zero-order chi connectivity index (χ0) is 18.2. The molecule has 0 radical (unpaired) electrons. The Morgan fingerprint density at radius 1 is 0.808 bits per heavy atom. The molecule has 1 amide bonds. The third kappa shape index (κ3) is 4.85. The number of azo groups is 1. The standard InChI is InChI=1S/C20H16N4O2/c25-19-12-8-16(9-13-19)20(26)24-21-14-15-6-10-18(11-7-15)23-22-17-4-2-1-3-5-17/h1-14,25H,(H,24,26)/b21-14+,23-22?. The molecule has 0 saturated heterocycles. The third-order valence-corrected chi connectivity index (χ3v) is 3.44. The van der Waals surface area contributed by atoms with Gasteiger partial charge in [0.1, 0.15) is 5.75 Å². The Morgan fingerprint density at radius 3 is 2.08 bits per heavy atom. The zero-order valence-electron chi connectivity index (χ0n) is 13.8. The van der Waals surface area contributed by atoms with Crippen molar-refractivity contribution in [1.29, 1.82) is 0 Å². The zero-order valence-corrected chi connectivity index (χ0v) is 13.8. The van der Waals surface area contributed by atoms with Gasteiger partial charge in [0.05, 0.1) is 17.6 Å². The van der Waals surface area contributed by atoms with Gasteiger partial charge in [-0.3, -0.25) is 4.79 Å². The highest BCUT2D eigenvalue weighted by Gasteiger charge is 2.03. The number of benzene rings is 3. The first-order valence-corrected chi connectivity index (χ1v) is 7.90. The number of hydrogen-bond acceptors (Lipinski definition) is 5. The molecule has 26 heavy (non-hydrogen) atoms. The van der Waals surface area contributed by atoms with Crippen molar-refractivity contribution < 1.29 is 9.90 Å². The highest BCUT2D eigenvalue weighted by molar-refractivity contribution is 5.95. The van der Waals surface area contributed by atoms with Crippen LogP contribution < -0.4 is 5.43 Å². The van der Waals surface area contributed by atoms with Gasteiger partial charge in [0.15, 0.2) is 0 Å². The van der Waals surface area contributed by atoms with Gasteiger partial charge in [-0.05, 0) is 54.1 Å². The normalized spacial score (nSPS) is 11.1. The smallest absolute Gasteiger partial charge is 0.271 e. The topological polar surface area (TPSA) is 86.4 Å². The van der Waals surface area contributed by atoms with Crippen molar-refractivity contribution in [2.75, 3.05) is 0 Å². The van der Waals surface area contributed by atoms with Gasteiger partial charge in [0.25, 0.3) is 5.91 Å². The van der Waals surface area contributed by atoms with E-state index >= 15 is 0 Å². The van der Waals surface area contributed by atoms with E-state index in [2.05, 4.69) is 20.8 Å². The van der Waals surface area contributed by atoms with Gasteiger partial charge in [-0.15, -0.1) is 0 Å². The summed E-state index contributed by atoms with van der Waals surface area (Å²) < 4.78 is 0. The van der Waals surface area contributed by atoms with E-state index in [0.717, 1.165) is 16.9 Å². The van der Waals surface area contributed by atoms with Crippen molar-refractivity contribution in [3.05, 3.63) is 90.0 Å². The van der Waals surface area contributed by atoms with E-state index in [1.807, 2.05) is 54.6 Å². The fourth-order valence-electron chi connectivity index (χ4n) is 2.08. The number of phenols is 1. The lowest BCUT2D eigenvalue weighted by Gasteiger charge is -2.00. The number of phenolic OH excluding ortho intramolecular Hbond substituents is 1. The minimum atomic E-state index is -0.352. The van der Waals surface area contributed by atoms with E-state index in [1.165, 1.54) is 30.5 Å². The Bertz CT molecular complexity index is 918. The molecule has 0 aliphatic carbocycles. The second kappa shape index (κ2) is 8.34. The molecule has 6 nitrogen and oxygen atoms in total. The fourth-order valence-corrected chi connectivity index (χ4v) is 2.08. The number of carbonyl (C=O) groups is 1. The van der Waals surface area contributed by atoms with Crippen molar-refractivity contribution in [2.45, 2.75) is 0 Å². The van der Waals surface area contributed by atoms with Gasteiger partial charge in [-0.2, -0.15) is 15.3 Å². The first-order valence-electron chi connectivity index (χ1n) is 7.90. The predicted molar refractivity (Wildman–Crippen MR) is 100 cm³/mol. The molecule has 0 spiro atoms. The Morgan fingerprint density at radius 2 is 1.42 bits per heavy atom. The van der Waals surface area contributed by atoms with Crippen LogP contribution in [0.25, 0.3) is 0 Å². The van der Waals surface area contributed by atoms with Gasteiger partial charge in [0, 0.05) is 5.56 Å². The summed E-state index contributed by atoms with van der Waals surface area (Å²) >= 11 is 0. The fraction of sp³-hybridized carbons (Fsp3) is 0. The molecule has 3 aromatic rings. The van der Waals surface area contributed by atoms with E-state index in [0.29, 0.717) is 5.56 Å². The lowest BCUT2D eigenvalue weighted by atomic mass is 10.2. The third-order valence-electron chi connectivity index (χ3n) is 3.44. The molecule has 0 aromatic heterocycles. The molecular weight excluding hydrogens is 328 g/mol. The number of aromatic hydroxyl groups is 1. The first-order chi connectivity index (χ1) is 12.7. The van der Waals surface area contributed by atoms with Crippen molar-refractivity contribution in [2.24, 2.45) is 15.3 Å². The second-order valence-corrected chi connectivity index (χ2v) is 5.37. The highest BCUT2D eigenvalue weighted by Crippen LogP contribution is 2.17. The average Bonchev–Trinajstić information content (AvgIpc) is 2.68. The monoisotopic (exact) mass is 344 g/mol. The van der Waals surface area contributed by atoms with Crippen LogP contribution in [0.15, 0.2) is 94.2 Å². The van der Waals surface area contributed by atoms with Gasteiger partial charge in [-0.25, -0.2) is 5.43 Å². The summed E-state index contributed by atoms with van der Waals surface area (Å²) in [6, 6.07) is 22.7. The van der Waals surface area contributed by atoms with Crippen LogP contribution >= 0.6 is 0 Å². The number of hydrazone groups is 1. The Labute approximate surface area is 150 Å². The lowest BCUT2D eigenvalue weighted by molar-refractivity contribution is 0.0955. The molecule has 0 unspecified atom stereocenters. The van der Waals surface area contributed by atoms with Gasteiger partial charge in [-0.1, -0.05) is 30.3 Å². The van der Waals surface area contributed by atoms with Crippen LogP contribution in [-0.2, 0) is 0 Å².